The van der Waals surface area contributed by atoms with Crippen molar-refractivity contribution in [1.82, 2.24) is 16.0 Å². The van der Waals surface area contributed by atoms with Crippen LogP contribution in [0.2, 0.25) is 0 Å². The van der Waals surface area contributed by atoms with E-state index in [-0.39, 0.29) is 18.8 Å². The van der Waals surface area contributed by atoms with Crippen LogP contribution in [0.3, 0.4) is 0 Å². The van der Waals surface area contributed by atoms with Gasteiger partial charge in [-0.05, 0) is 32.1 Å². The molecule has 11 N–H and O–H groups in total. The molecule has 0 saturated heterocycles. The number of nitrogens with zero attached hydrogens (tertiary/aromatic N) is 1. The standard InChI is InChI=1S/C19H35N7O7/c1-9(2)14(17(31)25-12(18(32)33)6-7-13(27)28)26-15(29)10(3)24-16(30)11(20)5-4-8-23-19(21)22/h9-12,14H,4-8,20H2,1-3H3,(H,24,30)(H,25,31)(H,26,29)(H,27,28)(H,32,33)(H4,21,22,23). The zero-order valence-corrected chi connectivity index (χ0v) is 19.0. The van der Waals surface area contributed by atoms with Crippen molar-refractivity contribution in [3.05, 3.63) is 0 Å². The summed E-state index contributed by atoms with van der Waals surface area (Å²) in [7, 11) is 0. The van der Waals surface area contributed by atoms with Gasteiger partial charge < -0.3 is 43.4 Å². The fourth-order valence-corrected chi connectivity index (χ4v) is 2.64. The lowest BCUT2D eigenvalue weighted by molar-refractivity contribution is -0.143. The van der Waals surface area contributed by atoms with Crippen LogP contribution in [0, 0.1) is 5.92 Å². The third kappa shape index (κ3) is 12.3. The van der Waals surface area contributed by atoms with Gasteiger partial charge in [0.15, 0.2) is 5.96 Å². The Labute approximate surface area is 191 Å². The Kier molecular flexibility index (Phi) is 13.1. The van der Waals surface area contributed by atoms with Crippen molar-refractivity contribution >= 4 is 35.6 Å². The first-order valence-corrected chi connectivity index (χ1v) is 10.4. The number of hydrogen-bond acceptors (Lipinski definition) is 7. The molecular formula is C19H35N7O7. The summed E-state index contributed by atoms with van der Waals surface area (Å²) < 4.78 is 0. The molecule has 0 bridgehead atoms. The molecule has 33 heavy (non-hydrogen) atoms. The molecule has 14 nitrogen and oxygen atoms in total. The average molecular weight is 474 g/mol. The number of hydrogen-bond donors (Lipinski definition) is 8. The minimum atomic E-state index is -1.43. The molecule has 14 heteroatoms. The van der Waals surface area contributed by atoms with Gasteiger partial charge in [-0.25, -0.2) is 4.79 Å². The maximum absolute atomic E-state index is 12.6. The number of carbonyl (C=O) groups is 5. The summed E-state index contributed by atoms with van der Waals surface area (Å²) >= 11 is 0. The number of carbonyl (C=O) groups excluding carboxylic acids is 3. The summed E-state index contributed by atoms with van der Waals surface area (Å²) in [5.41, 5.74) is 16.2. The second-order valence-corrected chi connectivity index (χ2v) is 7.85. The van der Waals surface area contributed by atoms with Crippen LogP contribution in [0.5, 0.6) is 0 Å². The molecule has 0 aliphatic rings. The number of carboxylic acid groups (broad SMARTS) is 2. The topological polar surface area (TPSA) is 252 Å². The summed E-state index contributed by atoms with van der Waals surface area (Å²) in [4.78, 5) is 63.0. The molecule has 0 aromatic heterocycles. The van der Waals surface area contributed by atoms with Crippen LogP contribution < -0.4 is 33.2 Å². The van der Waals surface area contributed by atoms with Crippen molar-refractivity contribution < 1.29 is 34.2 Å². The summed E-state index contributed by atoms with van der Waals surface area (Å²) in [6.07, 6.45) is -0.0376. The number of carboxylic acids is 2. The normalized spacial score (nSPS) is 14.3. The summed E-state index contributed by atoms with van der Waals surface area (Å²) in [5.74, 6) is -5.14. The van der Waals surface area contributed by atoms with E-state index in [2.05, 4.69) is 20.9 Å². The maximum Gasteiger partial charge on any atom is 0.326 e. The molecule has 4 unspecified atom stereocenters. The lowest BCUT2D eigenvalue weighted by atomic mass is 10.0. The molecule has 0 fully saturated rings. The quantitative estimate of drug-likeness (QED) is 0.0701. The molecule has 188 valence electrons. The van der Waals surface area contributed by atoms with Crippen molar-refractivity contribution in [3.8, 4) is 0 Å². The first-order chi connectivity index (χ1) is 15.3. The number of aliphatic imine (C=N–C) groups is 1. The van der Waals surface area contributed by atoms with Crippen LogP contribution >= 0.6 is 0 Å². The van der Waals surface area contributed by atoms with Gasteiger partial charge in [0.25, 0.3) is 0 Å². The van der Waals surface area contributed by atoms with Gasteiger partial charge in [0.2, 0.25) is 17.7 Å². The van der Waals surface area contributed by atoms with E-state index < -0.39 is 66.2 Å². The van der Waals surface area contributed by atoms with Crippen molar-refractivity contribution in [2.75, 3.05) is 6.54 Å². The SMILES string of the molecule is CC(NC(=O)C(N)CCCN=C(N)N)C(=O)NC(C(=O)NC(CCC(=O)O)C(=O)O)C(C)C. The van der Waals surface area contributed by atoms with E-state index in [1.165, 1.54) is 6.92 Å². The van der Waals surface area contributed by atoms with E-state index >= 15 is 0 Å². The van der Waals surface area contributed by atoms with Crippen LogP contribution in [0.15, 0.2) is 4.99 Å². The van der Waals surface area contributed by atoms with Gasteiger partial charge in [0.1, 0.15) is 18.1 Å². The van der Waals surface area contributed by atoms with Crippen molar-refractivity contribution in [2.24, 2.45) is 28.1 Å². The molecule has 0 spiro atoms. The molecular weight excluding hydrogens is 438 g/mol. The first-order valence-electron chi connectivity index (χ1n) is 10.4. The van der Waals surface area contributed by atoms with Gasteiger partial charge in [-0.2, -0.15) is 0 Å². The number of nitrogens with one attached hydrogen (secondary N) is 3. The second-order valence-electron chi connectivity index (χ2n) is 7.85. The lowest BCUT2D eigenvalue weighted by Crippen LogP contribution is -2.57. The number of guanidine groups is 1. The number of aliphatic carboxylic acids is 2. The highest BCUT2D eigenvalue weighted by atomic mass is 16.4. The van der Waals surface area contributed by atoms with E-state index in [1.54, 1.807) is 13.8 Å². The third-order valence-corrected chi connectivity index (χ3v) is 4.56. The zero-order valence-electron chi connectivity index (χ0n) is 19.0. The number of nitrogens with two attached hydrogens (primary N) is 3. The van der Waals surface area contributed by atoms with Crippen molar-refractivity contribution in [3.63, 3.8) is 0 Å². The van der Waals surface area contributed by atoms with Crippen LogP contribution in [-0.4, -0.2) is 76.5 Å². The van der Waals surface area contributed by atoms with Crippen molar-refractivity contribution in [2.45, 2.75) is 70.6 Å². The van der Waals surface area contributed by atoms with E-state index in [9.17, 15) is 29.1 Å². The van der Waals surface area contributed by atoms with Crippen LogP contribution in [0.25, 0.3) is 0 Å². The second kappa shape index (κ2) is 14.6. The molecule has 0 aromatic rings. The number of amides is 3. The van der Waals surface area contributed by atoms with Gasteiger partial charge >= 0.3 is 11.9 Å². The average Bonchev–Trinajstić information content (AvgIpc) is 2.70. The monoisotopic (exact) mass is 473 g/mol. The molecule has 4 atom stereocenters. The minimum absolute atomic E-state index is 0.0707. The summed E-state index contributed by atoms with van der Waals surface area (Å²) in [5, 5.41) is 25.1. The lowest BCUT2D eigenvalue weighted by Gasteiger charge is -2.26. The van der Waals surface area contributed by atoms with Gasteiger partial charge in [-0.15, -0.1) is 0 Å². The highest BCUT2D eigenvalue weighted by molar-refractivity contribution is 5.94. The molecule has 0 aliphatic carbocycles. The molecule has 0 aromatic carbocycles. The predicted molar refractivity (Wildman–Crippen MR) is 119 cm³/mol. The number of rotatable bonds is 15. The summed E-state index contributed by atoms with van der Waals surface area (Å²) in [6.45, 7) is 4.97. The van der Waals surface area contributed by atoms with E-state index in [4.69, 9.17) is 22.3 Å². The van der Waals surface area contributed by atoms with E-state index in [0.717, 1.165) is 0 Å². The molecule has 0 saturated carbocycles. The smallest absolute Gasteiger partial charge is 0.326 e. The Morgan fingerprint density at radius 2 is 1.48 bits per heavy atom. The minimum Gasteiger partial charge on any atom is -0.481 e. The fraction of sp³-hybridized carbons (Fsp3) is 0.684. The molecule has 0 radical (unpaired) electrons. The fourth-order valence-electron chi connectivity index (χ4n) is 2.64. The van der Waals surface area contributed by atoms with Crippen LogP contribution in [0.1, 0.15) is 46.5 Å². The van der Waals surface area contributed by atoms with Crippen LogP contribution in [0.4, 0.5) is 0 Å². The van der Waals surface area contributed by atoms with E-state index in [1.807, 2.05) is 0 Å². The predicted octanol–water partition coefficient (Wildman–Crippen LogP) is -2.55. The van der Waals surface area contributed by atoms with E-state index in [0.29, 0.717) is 13.0 Å². The highest BCUT2D eigenvalue weighted by Gasteiger charge is 2.30. The Bertz CT molecular complexity index is 738. The Morgan fingerprint density at radius 3 is 1.97 bits per heavy atom. The van der Waals surface area contributed by atoms with Gasteiger partial charge in [0, 0.05) is 13.0 Å². The largest absolute Gasteiger partial charge is 0.481 e. The zero-order chi connectivity index (χ0) is 25.7. The van der Waals surface area contributed by atoms with Gasteiger partial charge in [-0.1, -0.05) is 13.8 Å². The highest BCUT2D eigenvalue weighted by Crippen LogP contribution is 2.06. The van der Waals surface area contributed by atoms with Gasteiger partial charge in [-0.3, -0.25) is 24.2 Å². The molecule has 0 heterocycles. The molecule has 3 amide bonds. The molecule has 0 aliphatic heterocycles. The Morgan fingerprint density at radius 1 is 0.879 bits per heavy atom. The summed E-state index contributed by atoms with van der Waals surface area (Å²) in [6, 6.07) is -4.47. The molecule has 0 rings (SSSR count). The Hall–Kier alpha value is -3.42. The third-order valence-electron chi connectivity index (χ3n) is 4.56. The Balaban J connectivity index is 4.91. The van der Waals surface area contributed by atoms with Crippen molar-refractivity contribution in [1.29, 1.82) is 0 Å². The van der Waals surface area contributed by atoms with Crippen LogP contribution in [-0.2, 0) is 24.0 Å². The van der Waals surface area contributed by atoms with Gasteiger partial charge in [0.05, 0.1) is 6.04 Å². The first kappa shape index (κ1) is 29.6. The maximum atomic E-state index is 12.6.